The minimum atomic E-state index is -4.50. The van der Waals surface area contributed by atoms with E-state index >= 15 is 0 Å². The molecule has 35 heavy (non-hydrogen) atoms. The number of rotatable bonds is 10. The van der Waals surface area contributed by atoms with Gasteiger partial charge in [-0.1, -0.05) is 25.5 Å². The van der Waals surface area contributed by atoms with Crippen molar-refractivity contribution in [1.29, 1.82) is 0 Å². The van der Waals surface area contributed by atoms with Gasteiger partial charge < -0.3 is 19.4 Å². The maximum atomic E-state index is 12.8. The predicted octanol–water partition coefficient (Wildman–Crippen LogP) is 5.10. The van der Waals surface area contributed by atoms with E-state index in [9.17, 15) is 22.8 Å². The molecule has 2 aromatic carbocycles. The van der Waals surface area contributed by atoms with E-state index < -0.39 is 17.8 Å². The molecule has 0 spiro atoms. The Bertz CT molecular complexity index is 1130. The molecular formula is C25H26F3N3O4. The molecule has 0 radical (unpaired) electrons. The number of nitrogens with zero attached hydrogens (tertiary/aromatic N) is 2. The Morgan fingerprint density at radius 2 is 1.77 bits per heavy atom. The number of carbonyl (C=O) groups excluding carboxylic acids is 2. The molecule has 3 aromatic rings. The van der Waals surface area contributed by atoms with E-state index in [-0.39, 0.29) is 25.0 Å². The smallest absolute Gasteiger partial charge is 0.434 e. The summed E-state index contributed by atoms with van der Waals surface area (Å²) in [6.07, 6.45) is -1.05. The molecule has 0 aliphatic rings. The van der Waals surface area contributed by atoms with Gasteiger partial charge in [-0.05, 0) is 48.4 Å². The van der Waals surface area contributed by atoms with Crippen LogP contribution in [0.1, 0.15) is 53.9 Å². The minimum absolute atomic E-state index is 0.0931. The molecular weight excluding hydrogens is 463 g/mol. The molecule has 1 amide bonds. The van der Waals surface area contributed by atoms with Gasteiger partial charge in [0, 0.05) is 24.0 Å². The number of esters is 1. The van der Waals surface area contributed by atoms with Gasteiger partial charge in [0.15, 0.2) is 5.69 Å². The van der Waals surface area contributed by atoms with Crippen molar-refractivity contribution in [3.05, 3.63) is 77.9 Å². The summed E-state index contributed by atoms with van der Waals surface area (Å²) in [5.74, 6) is -0.130. The average molecular weight is 489 g/mol. The number of methoxy groups -OCH3 is 1. The standard InChI is InChI=1S/C25H26F3N3O4/c1-3-4-21(17-5-7-18(8-6-17)24(33)29-14-13-23(32)34-2)35-20-11-9-19(10-12-20)31-15-22(30-16-31)25(26,27)28/h5-12,15-16,21H,3-4,13-14H2,1-2H3,(H,29,33). The van der Waals surface area contributed by atoms with Crippen LogP contribution in [0.3, 0.4) is 0 Å². The van der Waals surface area contributed by atoms with Gasteiger partial charge in [0.05, 0.1) is 19.9 Å². The van der Waals surface area contributed by atoms with E-state index in [4.69, 9.17) is 4.74 Å². The minimum Gasteiger partial charge on any atom is -0.486 e. The van der Waals surface area contributed by atoms with Crippen LogP contribution < -0.4 is 10.1 Å². The van der Waals surface area contributed by atoms with Crippen molar-refractivity contribution in [2.75, 3.05) is 13.7 Å². The van der Waals surface area contributed by atoms with Gasteiger partial charge in [-0.3, -0.25) is 9.59 Å². The molecule has 0 aliphatic heterocycles. The van der Waals surface area contributed by atoms with E-state index in [1.165, 1.54) is 11.7 Å². The zero-order valence-electron chi connectivity index (χ0n) is 19.3. The van der Waals surface area contributed by atoms with Crippen LogP contribution in [-0.2, 0) is 15.7 Å². The highest BCUT2D eigenvalue weighted by atomic mass is 19.4. The number of hydrogen-bond donors (Lipinski definition) is 1. The largest absolute Gasteiger partial charge is 0.486 e. The first-order chi connectivity index (χ1) is 16.7. The Hall–Kier alpha value is -3.82. The number of amides is 1. The van der Waals surface area contributed by atoms with Gasteiger partial charge in [0.25, 0.3) is 5.91 Å². The van der Waals surface area contributed by atoms with E-state index in [0.717, 1.165) is 30.9 Å². The summed E-state index contributed by atoms with van der Waals surface area (Å²) in [5.41, 5.74) is 0.902. The summed E-state index contributed by atoms with van der Waals surface area (Å²) < 4.78 is 50.3. The normalized spacial score (nSPS) is 12.1. The molecule has 7 nitrogen and oxygen atoms in total. The summed E-state index contributed by atoms with van der Waals surface area (Å²) in [5, 5.41) is 2.67. The van der Waals surface area contributed by atoms with Gasteiger partial charge in [-0.15, -0.1) is 0 Å². The van der Waals surface area contributed by atoms with E-state index in [0.29, 0.717) is 17.0 Å². The first-order valence-electron chi connectivity index (χ1n) is 11.0. The third kappa shape index (κ3) is 7.08. The number of carbonyl (C=O) groups is 2. The molecule has 0 fully saturated rings. The topological polar surface area (TPSA) is 82.5 Å². The summed E-state index contributed by atoms with van der Waals surface area (Å²) >= 11 is 0. The van der Waals surface area contributed by atoms with Crippen LogP contribution in [0, 0.1) is 0 Å². The van der Waals surface area contributed by atoms with Crippen molar-refractivity contribution in [3.63, 3.8) is 0 Å². The number of imidazole rings is 1. The molecule has 1 atom stereocenters. The molecule has 0 saturated heterocycles. The summed E-state index contributed by atoms with van der Waals surface area (Å²) in [6, 6.07) is 13.7. The number of halogens is 3. The Morgan fingerprint density at radius 3 is 2.34 bits per heavy atom. The monoisotopic (exact) mass is 489 g/mol. The van der Waals surface area contributed by atoms with Crippen molar-refractivity contribution >= 4 is 11.9 Å². The number of nitrogens with one attached hydrogen (secondary N) is 1. The fourth-order valence-electron chi connectivity index (χ4n) is 3.36. The van der Waals surface area contributed by atoms with Crippen molar-refractivity contribution in [2.24, 2.45) is 0 Å². The van der Waals surface area contributed by atoms with E-state index in [2.05, 4.69) is 15.0 Å². The van der Waals surface area contributed by atoms with Gasteiger partial charge >= 0.3 is 12.1 Å². The summed E-state index contributed by atoms with van der Waals surface area (Å²) in [6.45, 7) is 2.21. The molecule has 0 aliphatic carbocycles. The number of ether oxygens (including phenoxy) is 2. The zero-order valence-corrected chi connectivity index (χ0v) is 19.3. The maximum Gasteiger partial charge on any atom is 0.434 e. The second-order valence-electron chi connectivity index (χ2n) is 7.76. The van der Waals surface area contributed by atoms with E-state index in [1.807, 2.05) is 19.1 Å². The maximum absolute atomic E-state index is 12.8. The lowest BCUT2D eigenvalue weighted by Gasteiger charge is -2.20. The van der Waals surface area contributed by atoms with Crippen LogP contribution in [-0.4, -0.2) is 35.1 Å². The Balaban J connectivity index is 1.65. The molecule has 186 valence electrons. The van der Waals surface area contributed by atoms with Gasteiger partial charge in [0.1, 0.15) is 11.9 Å². The van der Waals surface area contributed by atoms with Crippen molar-refractivity contribution in [3.8, 4) is 11.4 Å². The van der Waals surface area contributed by atoms with Crippen LogP contribution in [0.5, 0.6) is 5.75 Å². The molecule has 0 bridgehead atoms. The molecule has 3 rings (SSSR count). The quantitative estimate of drug-likeness (QED) is 0.401. The van der Waals surface area contributed by atoms with Crippen molar-refractivity contribution in [2.45, 2.75) is 38.5 Å². The Morgan fingerprint density at radius 1 is 1.09 bits per heavy atom. The highest BCUT2D eigenvalue weighted by Crippen LogP contribution is 2.29. The SMILES string of the molecule is CCCC(Oc1ccc(-n2cnc(C(F)(F)F)c2)cc1)c1ccc(C(=O)NCCC(=O)OC)cc1. The molecule has 0 saturated carbocycles. The highest BCUT2D eigenvalue weighted by molar-refractivity contribution is 5.94. The molecule has 1 unspecified atom stereocenters. The van der Waals surface area contributed by atoms with Gasteiger partial charge in [-0.2, -0.15) is 13.2 Å². The lowest BCUT2D eigenvalue weighted by Crippen LogP contribution is -2.26. The average Bonchev–Trinajstić information content (AvgIpc) is 3.35. The third-order valence-electron chi connectivity index (χ3n) is 5.22. The second-order valence-corrected chi connectivity index (χ2v) is 7.76. The summed E-state index contributed by atoms with van der Waals surface area (Å²) in [7, 11) is 1.29. The van der Waals surface area contributed by atoms with Crippen LogP contribution in [0.25, 0.3) is 5.69 Å². The van der Waals surface area contributed by atoms with Crippen molar-refractivity contribution < 1.29 is 32.2 Å². The lowest BCUT2D eigenvalue weighted by molar-refractivity contribution is -0.141. The third-order valence-corrected chi connectivity index (χ3v) is 5.22. The first-order valence-corrected chi connectivity index (χ1v) is 11.0. The number of alkyl halides is 3. The predicted molar refractivity (Wildman–Crippen MR) is 122 cm³/mol. The lowest BCUT2D eigenvalue weighted by atomic mass is 10.0. The second kappa shape index (κ2) is 11.5. The fourth-order valence-corrected chi connectivity index (χ4v) is 3.36. The number of benzene rings is 2. The van der Waals surface area contributed by atoms with Crippen LogP contribution in [0.15, 0.2) is 61.1 Å². The number of hydrogen-bond acceptors (Lipinski definition) is 5. The Labute approximate surface area is 200 Å². The Kier molecular flexibility index (Phi) is 8.51. The first kappa shape index (κ1) is 25.8. The van der Waals surface area contributed by atoms with Gasteiger partial charge in [-0.25, -0.2) is 4.98 Å². The van der Waals surface area contributed by atoms with Crippen LogP contribution >= 0.6 is 0 Å². The zero-order chi connectivity index (χ0) is 25.4. The highest BCUT2D eigenvalue weighted by Gasteiger charge is 2.33. The summed E-state index contributed by atoms with van der Waals surface area (Å²) in [4.78, 5) is 26.8. The molecule has 1 heterocycles. The molecule has 10 heteroatoms. The van der Waals surface area contributed by atoms with Gasteiger partial charge in [0.2, 0.25) is 0 Å². The van der Waals surface area contributed by atoms with Crippen molar-refractivity contribution in [1.82, 2.24) is 14.9 Å². The molecule has 1 N–H and O–H groups in total. The van der Waals surface area contributed by atoms with Crippen LogP contribution in [0.4, 0.5) is 13.2 Å². The number of aromatic nitrogens is 2. The molecule has 1 aromatic heterocycles. The van der Waals surface area contributed by atoms with E-state index in [1.54, 1.807) is 36.4 Å². The fraction of sp³-hybridized carbons (Fsp3) is 0.320. The van der Waals surface area contributed by atoms with Crippen LogP contribution in [0.2, 0.25) is 0 Å².